The Balaban J connectivity index is 2.01. The average Bonchev–Trinajstić information content (AvgIpc) is 2.91. The first-order valence-corrected chi connectivity index (χ1v) is 9.30. The van der Waals surface area contributed by atoms with Gasteiger partial charge in [0, 0.05) is 9.35 Å². The summed E-state index contributed by atoms with van der Waals surface area (Å²) in [5.74, 6) is -0.828. The molecule has 1 atom stereocenters. The second kappa shape index (κ2) is 7.94. The van der Waals surface area contributed by atoms with Gasteiger partial charge in [0.15, 0.2) is 6.10 Å². The smallest absolute Gasteiger partial charge is 0.349 e. The molecule has 1 aromatic heterocycles. The molecule has 4 nitrogen and oxygen atoms in total. The van der Waals surface area contributed by atoms with E-state index in [2.05, 4.69) is 21.2 Å². The lowest BCUT2D eigenvalue weighted by Gasteiger charge is -2.14. The molecule has 0 unspecified atom stereocenters. The topological polar surface area (TPSA) is 55.4 Å². The van der Waals surface area contributed by atoms with Gasteiger partial charge in [-0.3, -0.25) is 4.79 Å². The number of hydrogen-bond donors (Lipinski definition) is 1. The van der Waals surface area contributed by atoms with E-state index in [-0.39, 0.29) is 5.91 Å². The molecule has 128 valence electrons. The summed E-state index contributed by atoms with van der Waals surface area (Å²) in [7, 11) is 0. The molecule has 2 rings (SSSR count). The van der Waals surface area contributed by atoms with Crippen LogP contribution in [0.1, 0.15) is 39.5 Å². The summed E-state index contributed by atoms with van der Waals surface area (Å²) >= 11 is 4.81. The third kappa shape index (κ3) is 4.45. The van der Waals surface area contributed by atoms with E-state index in [1.165, 1.54) is 11.3 Å². The van der Waals surface area contributed by atoms with Gasteiger partial charge in [0.25, 0.3) is 5.91 Å². The fraction of sp³-hybridized carbons (Fsp3) is 0.333. The van der Waals surface area contributed by atoms with Crippen molar-refractivity contribution in [2.45, 2.75) is 40.2 Å². The van der Waals surface area contributed by atoms with Gasteiger partial charge in [-0.25, -0.2) is 4.79 Å². The van der Waals surface area contributed by atoms with Crippen molar-refractivity contribution in [3.8, 4) is 0 Å². The van der Waals surface area contributed by atoms with E-state index >= 15 is 0 Å². The number of anilines is 1. The van der Waals surface area contributed by atoms with Crippen molar-refractivity contribution in [2.75, 3.05) is 5.32 Å². The van der Waals surface area contributed by atoms with Gasteiger partial charge in [-0.05, 0) is 72.4 Å². The first-order chi connectivity index (χ1) is 11.3. The third-order valence-electron chi connectivity index (χ3n) is 3.64. The molecule has 0 saturated heterocycles. The van der Waals surface area contributed by atoms with Crippen molar-refractivity contribution < 1.29 is 14.3 Å². The Labute approximate surface area is 154 Å². The maximum Gasteiger partial charge on any atom is 0.349 e. The predicted octanol–water partition coefficient (Wildman–Crippen LogP) is 4.87. The molecular weight excluding hydrogens is 390 g/mol. The minimum Gasteiger partial charge on any atom is -0.448 e. The summed E-state index contributed by atoms with van der Waals surface area (Å²) in [5, 5.41) is 2.76. The SMILES string of the molecule is CCc1cc(C(=O)O[C@H](C)C(=O)Nc2ccc(C)cc2Br)sc1C. The van der Waals surface area contributed by atoms with E-state index < -0.39 is 12.1 Å². The molecule has 0 bridgehead atoms. The number of nitrogens with one attached hydrogen (secondary N) is 1. The minimum atomic E-state index is -0.877. The van der Waals surface area contributed by atoms with E-state index in [4.69, 9.17) is 4.74 Å². The summed E-state index contributed by atoms with van der Waals surface area (Å²) < 4.78 is 6.08. The second-order valence-electron chi connectivity index (χ2n) is 5.57. The van der Waals surface area contributed by atoms with Crippen LogP contribution >= 0.6 is 27.3 Å². The van der Waals surface area contributed by atoms with Gasteiger partial charge in [-0.15, -0.1) is 11.3 Å². The number of hydrogen-bond acceptors (Lipinski definition) is 4. The molecule has 1 amide bonds. The molecule has 1 heterocycles. The lowest BCUT2D eigenvalue weighted by Crippen LogP contribution is -2.29. The maximum absolute atomic E-state index is 12.2. The first-order valence-electron chi connectivity index (χ1n) is 7.69. The number of rotatable bonds is 5. The molecule has 24 heavy (non-hydrogen) atoms. The molecule has 0 aliphatic carbocycles. The Morgan fingerprint density at radius 1 is 1.29 bits per heavy atom. The zero-order valence-electron chi connectivity index (χ0n) is 14.1. The standard InChI is InChI=1S/C18H20BrNO3S/c1-5-13-9-16(24-12(13)4)18(22)23-11(3)17(21)20-15-7-6-10(2)8-14(15)19/h6-9,11H,5H2,1-4H3,(H,20,21)/t11-/m1/s1. The molecule has 1 aromatic carbocycles. The highest BCUT2D eigenvalue weighted by Gasteiger charge is 2.21. The first kappa shape index (κ1) is 18.7. The second-order valence-corrected chi connectivity index (χ2v) is 7.68. The summed E-state index contributed by atoms with van der Waals surface area (Å²) in [4.78, 5) is 26.1. The number of ether oxygens (including phenoxy) is 1. The Hall–Kier alpha value is -1.66. The summed E-state index contributed by atoms with van der Waals surface area (Å²) in [6, 6.07) is 7.45. The van der Waals surface area contributed by atoms with Crippen LogP contribution in [-0.2, 0) is 16.0 Å². The van der Waals surface area contributed by atoms with Crippen molar-refractivity contribution in [1.82, 2.24) is 0 Å². The Morgan fingerprint density at radius 3 is 2.58 bits per heavy atom. The van der Waals surface area contributed by atoms with Crippen molar-refractivity contribution in [3.63, 3.8) is 0 Å². The molecule has 1 N–H and O–H groups in total. The Morgan fingerprint density at radius 2 is 2.00 bits per heavy atom. The zero-order chi connectivity index (χ0) is 17.9. The van der Waals surface area contributed by atoms with Crippen molar-refractivity contribution in [1.29, 1.82) is 0 Å². The summed E-state index contributed by atoms with van der Waals surface area (Å²) in [6.07, 6.45) is -0.00852. The largest absolute Gasteiger partial charge is 0.448 e. The van der Waals surface area contributed by atoms with Crippen molar-refractivity contribution in [3.05, 3.63) is 49.6 Å². The highest BCUT2D eigenvalue weighted by Crippen LogP contribution is 2.25. The van der Waals surface area contributed by atoms with Crippen LogP contribution in [0.2, 0.25) is 0 Å². The van der Waals surface area contributed by atoms with Crippen LogP contribution < -0.4 is 5.32 Å². The number of halogens is 1. The van der Waals surface area contributed by atoms with Gasteiger partial charge >= 0.3 is 5.97 Å². The normalized spacial score (nSPS) is 11.9. The minimum absolute atomic E-state index is 0.364. The molecule has 6 heteroatoms. The van der Waals surface area contributed by atoms with Crippen molar-refractivity contribution in [2.24, 2.45) is 0 Å². The zero-order valence-corrected chi connectivity index (χ0v) is 16.5. The third-order valence-corrected chi connectivity index (χ3v) is 5.37. The Bertz CT molecular complexity index is 770. The lowest BCUT2D eigenvalue weighted by molar-refractivity contribution is -0.123. The van der Waals surface area contributed by atoms with Crippen LogP contribution in [0, 0.1) is 13.8 Å². The van der Waals surface area contributed by atoms with Crippen LogP contribution in [0.25, 0.3) is 0 Å². The molecular formula is C18H20BrNO3S. The molecule has 0 aliphatic rings. The van der Waals surface area contributed by atoms with Crippen LogP contribution in [0.4, 0.5) is 5.69 Å². The van der Waals surface area contributed by atoms with E-state index in [0.29, 0.717) is 10.6 Å². The summed E-state index contributed by atoms with van der Waals surface area (Å²) in [6.45, 7) is 7.55. The van der Waals surface area contributed by atoms with E-state index in [1.807, 2.05) is 45.0 Å². The number of benzene rings is 1. The van der Waals surface area contributed by atoms with Crippen LogP contribution in [0.3, 0.4) is 0 Å². The number of aryl methyl sites for hydroxylation is 3. The van der Waals surface area contributed by atoms with E-state index in [9.17, 15) is 9.59 Å². The van der Waals surface area contributed by atoms with Gasteiger partial charge in [0.1, 0.15) is 4.88 Å². The quantitative estimate of drug-likeness (QED) is 0.716. The van der Waals surface area contributed by atoms with Gasteiger partial charge < -0.3 is 10.1 Å². The molecule has 0 radical (unpaired) electrons. The number of carbonyl (C=O) groups excluding carboxylic acids is 2. The number of esters is 1. The van der Waals surface area contributed by atoms with Crippen LogP contribution in [-0.4, -0.2) is 18.0 Å². The maximum atomic E-state index is 12.2. The molecule has 0 saturated carbocycles. The predicted molar refractivity (Wildman–Crippen MR) is 101 cm³/mol. The Kier molecular flexibility index (Phi) is 6.18. The van der Waals surface area contributed by atoms with Crippen LogP contribution in [0.15, 0.2) is 28.7 Å². The molecule has 0 fully saturated rings. The van der Waals surface area contributed by atoms with Gasteiger partial charge in [0.05, 0.1) is 5.69 Å². The lowest BCUT2D eigenvalue weighted by atomic mass is 10.2. The average molecular weight is 410 g/mol. The molecule has 2 aromatic rings. The molecule has 0 spiro atoms. The fourth-order valence-electron chi connectivity index (χ4n) is 2.20. The van der Waals surface area contributed by atoms with E-state index in [1.54, 1.807) is 6.92 Å². The van der Waals surface area contributed by atoms with Gasteiger partial charge in [-0.2, -0.15) is 0 Å². The monoisotopic (exact) mass is 409 g/mol. The van der Waals surface area contributed by atoms with Crippen molar-refractivity contribution >= 4 is 44.8 Å². The van der Waals surface area contributed by atoms with E-state index in [0.717, 1.165) is 26.9 Å². The number of carbonyl (C=O) groups is 2. The molecule has 0 aliphatic heterocycles. The number of thiophene rings is 1. The summed E-state index contributed by atoms with van der Waals surface area (Å²) in [5.41, 5.74) is 2.86. The highest BCUT2D eigenvalue weighted by atomic mass is 79.9. The van der Waals surface area contributed by atoms with Gasteiger partial charge in [0.2, 0.25) is 0 Å². The number of amides is 1. The fourth-order valence-corrected chi connectivity index (χ4v) is 3.79. The van der Waals surface area contributed by atoms with Gasteiger partial charge in [-0.1, -0.05) is 13.0 Å². The van der Waals surface area contributed by atoms with Crippen LogP contribution in [0.5, 0.6) is 0 Å². The highest BCUT2D eigenvalue weighted by molar-refractivity contribution is 9.10.